The van der Waals surface area contributed by atoms with Gasteiger partial charge in [0.25, 0.3) is 0 Å². The normalized spacial score (nSPS) is 17.8. The third-order valence-electron chi connectivity index (χ3n) is 4.60. The van der Waals surface area contributed by atoms with E-state index in [0.29, 0.717) is 31.9 Å². The number of ether oxygens (including phenoxy) is 1. The van der Waals surface area contributed by atoms with Crippen LogP contribution in [0.5, 0.6) is 0 Å². The molecule has 0 aliphatic carbocycles. The Morgan fingerprint density at radius 3 is 2.85 bits per heavy atom. The summed E-state index contributed by atoms with van der Waals surface area (Å²) in [6, 6.07) is 9.94. The fourth-order valence-corrected chi connectivity index (χ4v) is 3.38. The molecule has 26 heavy (non-hydrogen) atoms. The molecule has 0 spiro atoms. The van der Waals surface area contributed by atoms with Gasteiger partial charge in [0.05, 0.1) is 30.3 Å². The summed E-state index contributed by atoms with van der Waals surface area (Å²) in [4.78, 5) is 23.7. The molecule has 1 fully saturated rings. The highest BCUT2D eigenvalue weighted by Gasteiger charge is 2.22. The van der Waals surface area contributed by atoms with Crippen LogP contribution in [0, 0.1) is 11.3 Å². The van der Waals surface area contributed by atoms with Crippen molar-refractivity contribution < 1.29 is 9.53 Å². The van der Waals surface area contributed by atoms with E-state index >= 15 is 0 Å². The van der Waals surface area contributed by atoms with Crippen molar-refractivity contribution in [1.29, 1.82) is 5.26 Å². The van der Waals surface area contributed by atoms with E-state index in [9.17, 15) is 10.1 Å². The minimum absolute atomic E-state index is 0.0550. The minimum atomic E-state index is 0.0550. The van der Waals surface area contributed by atoms with Gasteiger partial charge in [-0.05, 0) is 12.1 Å². The zero-order chi connectivity index (χ0) is 17.9. The summed E-state index contributed by atoms with van der Waals surface area (Å²) >= 11 is 0. The number of morpholine rings is 1. The minimum Gasteiger partial charge on any atom is -0.378 e. The van der Waals surface area contributed by atoms with E-state index in [2.05, 4.69) is 16.0 Å². The van der Waals surface area contributed by atoms with Crippen LogP contribution >= 0.6 is 0 Å². The van der Waals surface area contributed by atoms with Crippen molar-refractivity contribution in [3.8, 4) is 6.07 Å². The number of ketones is 1. The second-order valence-electron chi connectivity index (χ2n) is 6.36. The number of allylic oxidation sites excluding steroid dienone is 1. The number of hydrogen-bond acceptors (Lipinski definition) is 6. The molecule has 3 heterocycles. The largest absolute Gasteiger partial charge is 0.378 e. The average molecular weight is 349 g/mol. The SMILES string of the molecule is N#CCn1c(CC2=NC(N3CCOCC3)=CC(=O)C2)nc2ccccc21. The van der Waals surface area contributed by atoms with Crippen LogP contribution in [0.1, 0.15) is 12.2 Å². The van der Waals surface area contributed by atoms with Gasteiger partial charge in [-0.1, -0.05) is 12.1 Å². The van der Waals surface area contributed by atoms with Crippen LogP contribution in [0.2, 0.25) is 0 Å². The Bertz CT molecular complexity index is 944. The number of nitrogens with zero attached hydrogens (tertiary/aromatic N) is 5. The van der Waals surface area contributed by atoms with Crippen LogP contribution in [-0.4, -0.2) is 52.2 Å². The maximum Gasteiger partial charge on any atom is 0.164 e. The number of aliphatic imine (C=N–C) groups is 1. The molecule has 4 rings (SSSR count). The lowest BCUT2D eigenvalue weighted by molar-refractivity contribution is -0.113. The van der Waals surface area contributed by atoms with Crippen LogP contribution in [0.25, 0.3) is 11.0 Å². The van der Waals surface area contributed by atoms with Gasteiger partial charge >= 0.3 is 0 Å². The second kappa shape index (κ2) is 7.10. The molecule has 1 aromatic heterocycles. The number of aromatic nitrogens is 2. The van der Waals surface area contributed by atoms with Gasteiger partial charge in [0, 0.05) is 37.7 Å². The average Bonchev–Trinajstić information content (AvgIpc) is 3.00. The second-order valence-corrected chi connectivity index (χ2v) is 6.36. The third-order valence-corrected chi connectivity index (χ3v) is 4.60. The Morgan fingerprint density at radius 2 is 2.04 bits per heavy atom. The number of imidazole rings is 1. The number of carbonyl (C=O) groups excluding carboxylic acids is 1. The van der Waals surface area contributed by atoms with Crippen molar-refractivity contribution in [2.24, 2.45) is 4.99 Å². The number of para-hydroxylation sites is 2. The summed E-state index contributed by atoms with van der Waals surface area (Å²) in [5.41, 5.74) is 2.56. The van der Waals surface area contributed by atoms with Crippen molar-refractivity contribution in [3.63, 3.8) is 0 Å². The highest BCUT2D eigenvalue weighted by Crippen LogP contribution is 2.20. The summed E-state index contributed by atoms with van der Waals surface area (Å²) in [5.74, 6) is 1.53. The van der Waals surface area contributed by atoms with Gasteiger partial charge in [-0.2, -0.15) is 5.26 Å². The molecule has 1 saturated heterocycles. The first-order chi connectivity index (χ1) is 12.7. The molecule has 0 bridgehead atoms. The van der Waals surface area contributed by atoms with Gasteiger partial charge in [-0.25, -0.2) is 9.98 Å². The fraction of sp³-hybridized carbons (Fsp3) is 0.368. The molecule has 1 aromatic carbocycles. The molecule has 7 nitrogen and oxygen atoms in total. The standard InChI is InChI=1S/C19H19N5O2/c20-5-6-24-17-4-2-1-3-16(17)22-19(24)12-14-11-15(25)13-18(21-14)23-7-9-26-10-8-23/h1-4,13H,6-12H2. The van der Waals surface area contributed by atoms with E-state index < -0.39 is 0 Å². The van der Waals surface area contributed by atoms with E-state index in [1.165, 1.54) is 0 Å². The van der Waals surface area contributed by atoms with E-state index in [-0.39, 0.29) is 12.3 Å². The van der Waals surface area contributed by atoms with Gasteiger partial charge in [0.2, 0.25) is 0 Å². The monoisotopic (exact) mass is 349 g/mol. The van der Waals surface area contributed by atoms with Gasteiger partial charge in [-0.15, -0.1) is 0 Å². The van der Waals surface area contributed by atoms with Crippen LogP contribution < -0.4 is 0 Å². The zero-order valence-electron chi connectivity index (χ0n) is 14.4. The van der Waals surface area contributed by atoms with Gasteiger partial charge in [0.15, 0.2) is 5.78 Å². The Hall–Kier alpha value is -2.98. The predicted molar refractivity (Wildman–Crippen MR) is 96.6 cm³/mol. The molecule has 2 aliphatic rings. The molecule has 0 amide bonds. The van der Waals surface area contributed by atoms with Crippen LogP contribution in [0.4, 0.5) is 0 Å². The smallest absolute Gasteiger partial charge is 0.164 e. The van der Waals surface area contributed by atoms with Crippen LogP contribution in [-0.2, 0) is 22.5 Å². The predicted octanol–water partition coefficient (Wildman–Crippen LogP) is 1.69. The van der Waals surface area contributed by atoms with Crippen molar-refractivity contribution in [2.75, 3.05) is 26.3 Å². The number of hydrogen-bond donors (Lipinski definition) is 0. The Kier molecular flexibility index (Phi) is 4.50. The third kappa shape index (κ3) is 3.24. The molecule has 2 aliphatic heterocycles. The quantitative estimate of drug-likeness (QED) is 0.839. The summed E-state index contributed by atoms with van der Waals surface area (Å²) in [5, 5.41) is 9.17. The lowest BCUT2D eigenvalue weighted by atomic mass is 10.1. The Balaban J connectivity index is 1.64. The van der Waals surface area contributed by atoms with Crippen molar-refractivity contribution >= 4 is 22.5 Å². The molecule has 2 aromatic rings. The number of fused-ring (bicyclic) bond motifs is 1. The number of rotatable bonds is 4. The maximum atomic E-state index is 12.2. The topological polar surface area (TPSA) is 83.5 Å². The van der Waals surface area contributed by atoms with E-state index in [1.54, 1.807) is 6.08 Å². The Labute approximate surface area is 151 Å². The number of carbonyl (C=O) groups is 1. The first kappa shape index (κ1) is 16.5. The Morgan fingerprint density at radius 1 is 1.23 bits per heavy atom. The van der Waals surface area contributed by atoms with Crippen LogP contribution in [0.3, 0.4) is 0 Å². The summed E-state index contributed by atoms with van der Waals surface area (Å²) < 4.78 is 7.27. The van der Waals surface area contributed by atoms with Gasteiger partial charge < -0.3 is 14.2 Å². The molecule has 0 unspecified atom stereocenters. The van der Waals surface area contributed by atoms with E-state index in [0.717, 1.165) is 35.7 Å². The van der Waals surface area contributed by atoms with Crippen LogP contribution in [0.15, 0.2) is 41.2 Å². The molecule has 0 radical (unpaired) electrons. The molecule has 0 saturated carbocycles. The highest BCUT2D eigenvalue weighted by molar-refractivity contribution is 6.09. The molecular formula is C19H19N5O2. The number of benzene rings is 1. The zero-order valence-corrected chi connectivity index (χ0v) is 14.4. The number of nitriles is 1. The van der Waals surface area contributed by atoms with Gasteiger partial charge in [0.1, 0.15) is 18.2 Å². The molecule has 132 valence electrons. The lowest BCUT2D eigenvalue weighted by Gasteiger charge is -2.30. The lowest BCUT2D eigenvalue weighted by Crippen LogP contribution is -2.36. The van der Waals surface area contributed by atoms with Gasteiger partial charge in [-0.3, -0.25) is 4.79 Å². The first-order valence-electron chi connectivity index (χ1n) is 8.69. The van der Waals surface area contributed by atoms with Crippen molar-refractivity contribution in [1.82, 2.24) is 14.5 Å². The maximum absolute atomic E-state index is 12.2. The molecule has 7 heteroatoms. The summed E-state index contributed by atoms with van der Waals surface area (Å²) in [6.07, 6.45) is 2.38. The summed E-state index contributed by atoms with van der Waals surface area (Å²) in [6.45, 7) is 3.00. The molecule has 0 atom stereocenters. The van der Waals surface area contributed by atoms with Crippen molar-refractivity contribution in [2.45, 2.75) is 19.4 Å². The fourth-order valence-electron chi connectivity index (χ4n) is 3.38. The first-order valence-corrected chi connectivity index (χ1v) is 8.69. The molecular weight excluding hydrogens is 330 g/mol. The highest BCUT2D eigenvalue weighted by atomic mass is 16.5. The van der Waals surface area contributed by atoms with Crippen molar-refractivity contribution in [3.05, 3.63) is 42.0 Å². The molecule has 0 N–H and O–H groups in total. The van der Waals surface area contributed by atoms with E-state index in [1.807, 2.05) is 28.8 Å². The van der Waals surface area contributed by atoms with E-state index in [4.69, 9.17) is 9.73 Å². The summed E-state index contributed by atoms with van der Waals surface area (Å²) in [7, 11) is 0.